The van der Waals surface area contributed by atoms with Crippen molar-refractivity contribution in [1.29, 1.82) is 0 Å². The Morgan fingerprint density at radius 1 is 1.39 bits per heavy atom. The molecular formula is C13H18F2N2O. The third kappa shape index (κ3) is 3.77. The van der Waals surface area contributed by atoms with Crippen molar-refractivity contribution in [2.45, 2.75) is 38.8 Å². The molecule has 5 heteroatoms. The Morgan fingerprint density at radius 3 is 2.44 bits per heavy atom. The molecule has 1 amide bonds. The van der Waals surface area contributed by atoms with E-state index in [9.17, 15) is 13.6 Å². The van der Waals surface area contributed by atoms with Crippen LogP contribution in [0.15, 0.2) is 18.2 Å². The van der Waals surface area contributed by atoms with Gasteiger partial charge >= 0.3 is 0 Å². The van der Waals surface area contributed by atoms with Gasteiger partial charge in [0.15, 0.2) is 0 Å². The highest BCUT2D eigenvalue weighted by atomic mass is 19.1. The minimum atomic E-state index is -0.720. The van der Waals surface area contributed by atoms with E-state index in [4.69, 9.17) is 5.73 Å². The molecule has 0 bridgehead atoms. The van der Waals surface area contributed by atoms with Crippen molar-refractivity contribution >= 4 is 5.91 Å². The van der Waals surface area contributed by atoms with Crippen LogP contribution in [-0.4, -0.2) is 11.9 Å². The second-order valence-electron chi connectivity index (χ2n) is 4.30. The molecule has 0 saturated heterocycles. The molecule has 0 saturated carbocycles. The number of benzene rings is 1. The molecule has 0 fully saturated rings. The van der Waals surface area contributed by atoms with E-state index in [-0.39, 0.29) is 23.9 Å². The summed E-state index contributed by atoms with van der Waals surface area (Å²) in [5, 5.41) is 2.54. The van der Waals surface area contributed by atoms with Crippen LogP contribution in [0, 0.1) is 11.6 Å². The molecule has 3 N–H and O–H groups in total. The highest BCUT2D eigenvalue weighted by Gasteiger charge is 2.18. The highest BCUT2D eigenvalue weighted by Crippen LogP contribution is 2.20. The Kier molecular flexibility index (Phi) is 5.22. The topological polar surface area (TPSA) is 55.1 Å². The lowest BCUT2D eigenvalue weighted by atomic mass is 10.1. The van der Waals surface area contributed by atoms with E-state index < -0.39 is 17.7 Å². The second kappa shape index (κ2) is 6.44. The molecule has 0 spiro atoms. The first-order chi connectivity index (χ1) is 8.45. The number of nitrogens with two attached hydrogens (primary N) is 1. The molecule has 0 aliphatic rings. The zero-order chi connectivity index (χ0) is 13.7. The smallest absolute Gasteiger partial charge is 0.222 e. The first-order valence-corrected chi connectivity index (χ1v) is 5.94. The van der Waals surface area contributed by atoms with Crippen molar-refractivity contribution in [2.75, 3.05) is 0 Å². The van der Waals surface area contributed by atoms with Gasteiger partial charge in [-0.25, -0.2) is 8.78 Å². The zero-order valence-electron chi connectivity index (χ0n) is 10.5. The summed E-state index contributed by atoms with van der Waals surface area (Å²) in [6.07, 6.45) is 0.826. The minimum Gasteiger partial charge on any atom is -0.349 e. The van der Waals surface area contributed by atoms with E-state index in [1.807, 2.05) is 6.92 Å². The van der Waals surface area contributed by atoms with Crippen molar-refractivity contribution in [1.82, 2.24) is 5.32 Å². The SMILES string of the molecule is CCC(N)CC(=O)NC(C)c1c(F)cccc1F. The van der Waals surface area contributed by atoms with E-state index in [1.54, 1.807) is 0 Å². The first kappa shape index (κ1) is 14.6. The van der Waals surface area contributed by atoms with Gasteiger partial charge in [0.2, 0.25) is 5.91 Å². The van der Waals surface area contributed by atoms with Gasteiger partial charge in [-0.15, -0.1) is 0 Å². The lowest BCUT2D eigenvalue weighted by molar-refractivity contribution is -0.122. The zero-order valence-corrected chi connectivity index (χ0v) is 10.5. The third-order valence-electron chi connectivity index (χ3n) is 2.78. The van der Waals surface area contributed by atoms with Crippen LogP contribution in [0.4, 0.5) is 8.78 Å². The van der Waals surface area contributed by atoms with Crippen molar-refractivity contribution in [3.63, 3.8) is 0 Å². The molecule has 100 valence electrons. The maximum atomic E-state index is 13.5. The predicted molar refractivity (Wildman–Crippen MR) is 65.8 cm³/mol. The molecular weight excluding hydrogens is 238 g/mol. The number of carbonyl (C=O) groups excluding carboxylic acids is 1. The summed E-state index contributed by atoms with van der Waals surface area (Å²) in [4.78, 5) is 11.6. The minimum absolute atomic E-state index is 0.129. The van der Waals surface area contributed by atoms with Crippen LogP contribution in [0.2, 0.25) is 0 Å². The lowest BCUT2D eigenvalue weighted by Crippen LogP contribution is -2.33. The van der Waals surface area contributed by atoms with Crippen LogP contribution in [0.3, 0.4) is 0 Å². The summed E-state index contributed by atoms with van der Waals surface area (Å²) in [5.41, 5.74) is 5.51. The van der Waals surface area contributed by atoms with E-state index >= 15 is 0 Å². The van der Waals surface area contributed by atoms with Gasteiger partial charge in [0.1, 0.15) is 11.6 Å². The standard InChI is InChI=1S/C13H18F2N2O/c1-3-9(16)7-12(18)17-8(2)13-10(14)5-4-6-11(13)15/h4-6,8-9H,3,7,16H2,1-2H3,(H,17,18). The van der Waals surface area contributed by atoms with Gasteiger partial charge in [0, 0.05) is 18.0 Å². The summed E-state index contributed by atoms with van der Waals surface area (Å²) in [6.45, 7) is 3.41. The van der Waals surface area contributed by atoms with Crippen molar-refractivity contribution in [2.24, 2.45) is 5.73 Å². The quantitative estimate of drug-likeness (QED) is 0.849. The maximum Gasteiger partial charge on any atom is 0.222 e. The molecule has 1 aromatic rings. The monoisotopic (exact) mass is 256 g/mol. The van der Waals surface area contributed by atoms with Crippen LogP contribution >= 0.6 is 0 Å². The number of hydrogen-bond donors (Lipinski definition) is 2. The van der Waals surface area contributed by atoms with Crippen LogP contribution in [0.25, 0.3) is 0 Å². The van der Waals surface area contributed by atoms with Crippen LogP contribution in [0.5, 0.6) is 0 Å². The van der Waals surface area contributed by atoms with Gasteiger partial charge in [-0.2, -0.15) is 0 Å². The molecule has 1 rings (SSSR count). The van der Waals surface area contributed by atoms with E-state index in [1.165, 1.54) is 25.1 Å². The Balaban J connectivity index is 2.71. The molecule has 2 unspecified atom stereocenters. The Labute approximate surface area is 105 Å². The van der Waals surface area contributed by atoms with E-state index in [0.29, 0.717) is 6.42 Å². The normalized spacial score (nSPS) is 14.1. The molecule has 0 aromatic heterocycles. The van der Waals surface area contributed by atoms with Gasteiger partial charge in [-0.05, 0) is 25.5 Å². The average Bonchev–Trinajstić information content (AvgIpc) is 2.28. The molecule has 0 heterocycles. The van der Waals surface area contributed by atoms with Crippen molar-refractivity contribution < 1.29 is 13.6 Å². The average molecular weight is 256 g/mol. The van der Waals surface area contributed by atoms with E-state index in [2.05, 4.69) is 5.32 Å². The largest absolute Gasteiger partial charge is 0.349 e. The van der Waals surface area contributed by atoms with Crippen LogP contribution in [0.1, 0.15) is 38.3 Å². The molecule has 1 aromatic carbocycles. The van der Waals surface area contributed by atoms with E-state index in [0.717, 1.165) is 0 Å². The highest BCUT2D eigenvalue weighted by molar-refractivity contribution is 5.77. The molecule has 3 nitrogen and oxygen atoms in total. The summed E-state index contributed by atoms with van der Waals surface area (Å²) in [5.74, 6) is -1.63. The van der Waals surface area contributed by atoms with Crippen molar-refractivity contribution in [3.05, 3.63) is 35.4 Å². The summed E-state index contributed by atoms with van der Waals surface area (Å²) in [7, 11) is 0. The number of carbonyl (C=O) groups is 1. The first-order valence-electron chi connectivity index (χ1n) is 5.94. The molecule has 0 radical (unpaired) electrons. The molecule has 2 atom stereocenters. The van der Waals surface area contributed by atoms with Gasteiger partial charge < -0.3 is 11.1 Å². The predicted octanol–water partition coefficient (Wildman–Crippen LogP) is 2.27. The van der Waals surface area contributed by atoms with Gasteiger partial charge in [0.05, 0.1) is 6.04 Å². The number of rotatable bonds is 5. The number of amides is 1. The number of nitrogens with one attached hydrogen (secondary N) is 1. The fourth-order valence-corrected chi connectivity index (χ4v) is 1.68. The summed E-state index contributed by atoms with van der Waals surface area (Å²) < 4.78 is 26.9. The summed E-state index contributed by atoms with van der Waals surface area (Å²) in [6, 6.07) is 2.67. The van der Waals surface area contributed by atoms with Crippen molar-refractivity contribution in [3.8, 4) is 0 Å². The molecule has 0 aliphatic carbocycles. The summed E-state index contributed by atoms with van der Waals surface area (Å²) >= 11 is 0. The second-order valence-corrected chi connectivity index (χ2v) is 4.30. The fraction of sp³-hybridized carbons (Fsp3) is 0.462. The van der Waals surface area contributed by atoms with Crippen LogP contribution < -0.4 is 11.1 Å². The Morgan fingerprint density at radius 2 is 1.94 bits per heavy atom. The third-order valence-corrected chi connectivity index (χ3v) is 2.78. The fourth-order valence-electron chi connectivity index (χ4n) is 1.68. The van der Waals surface area contributed by atoms with Gasteiger partial charge in [-0.1, -0.05) is 13.0 Å². The van der Waals surface area contributed by atoms with Gasteiger partial charge in [-0.3, -0.25) is 4.79 Å². The number of hydrogen-bond acceptors (Lipinski definition) is 2. The van der Waals surface area contributed by atoms with Gasteiger partial charge in [0.25, 0.3) is 0 Å². The maximum absolute atomic E-state index is 13.5. The Hall–Kier alpha value is -1.49. The van der Waals surface area contributed by atoms with Crippen LogP contribution in [-0.2, 0) is 4.79 Å². The lowest BCUT2D eigenvalue weighted by Gasteiger charge is -2.17. The number of halogens is 2. The Bertz CT molecular complexity index is 403. The molecule has 0 aliphatic heterocycles. The molecule has 18 heavy (non-hydrogen) atoms.